The van der Waals surface area contributed by atoms with E-state index in [1.54, 1.807) is 12.1 Å². The quantitative estimate of drug-likeness (QED) is 0.884. The Morgan fingerprint density at radius 3 is 2.85 bits per heavy atom. The predicted molar refractivity (Wildman–Crippen MR) is 82.7 cm³/mol. The molecule has 0 aliphatic heterocycles. The van der Waals surface area contributed by atoms with E-state index in [9.17, 15) is 9.90 Å². The summed E-state index contributed by atoms with van der Waals surface area (Å²) in [4.78, 5) is 15.9. The van der Waals surface area contributed by atoms with Crippen LogP contribution in [0.2, 0.25) is 0 Å². The van der Waals surface area contributed by atoms with Crippen LogP contribution in [0, 0.1) is 0 Å². The largest absolute Gasteiger partial charge is 0.478 e. The Morgan fingerprint density at radius 2 is 2.20 bits per heavy atom. The van der Waals surface area contributed by atoms with E-state index in [0.717, 1.165) is 6.54 Å². The topological polar surface area (TPSA) is 62.2 Å². The van der Waals surface area contributed by atoms with Gasteiger partial charge in [0.1, 0.15) is 5.82 Å². The molecule has 1 heterocycles. The van der Waals surface area contributed by atoms with E-state index in [4.69, 9.17) is 0 Å². The minimum absolute atomic E-state index is 0.298. The Kier molecular flexibility index (Phi) is 3.30. The van der Waals surface area contributed by atoms with Gasteiger partial charge in [-0.1, -0.05) is 18.2 Å². The number of pyridine rings is 1. The van der Waals surface area contributed by atoms with Crippen molar-refractivity contribution in [1.29, 1.82) is 0 Å². The molecule has 1 fully saturated rings. The second kappa shape index (κ2) is 4.98. The van der Waals surface area contributed by atoms with Gasteiger partial charge in [0.2, 0.25) is 0 Å². The van der Waals surface area contributed by atoms with E-state index in [2.05, 4.69) is 16.6 Å². The molecule has 2 aromatic rings. The molecule has 1 aromatic carbocycles. The maximum Gasteiger partial charge on any atom is 0.336 e. The lowest BCUT2D eigenvalue weighted by molar-refractivity contribution is 0.0699. The van der Waals surface area contributed by atoms with Gasteiger partial charge in [0.25, 0.3) is 0 Å². The highest BCUT2D eigenvalue weighted by Gasteiger charge is 2.41. The number of nitrogens with one attached hydrogen (secondary N) is 1. The predicted octanol–water partition coefficient (Wildman–Crippen LogP) is 3.24. The van der Waals surface area contributed by atoms with E-state index in [-0.39, 0.29) is 0 Å². The summed E-state index contributed by atoms with van der Waals surface area (Å²) in [6, 6.07) is 8.96. The van der Waals surface area contributed by atoms with Gasteiger partial charge >= 0.3 is 5.97 Å². The number of anilines is 1. The Hall–Kier alpha value is -1.75. The van der Waals surface area contributed by atoms with Crippen molar-refractivity contribution in [2.75, 3.05) is 18.1 Å². The van der Waals surface area contributed by atoms with Crippen molar-refractivity contribution in [2.45, 2.75) is 17.6 Å². The number of carbonyl (C=O) groups is 1. The highest BCUT2D eigenvalue weighted by Crippen LogP contribution is 2.47. The van der Waals surface area contributed by atoms with Gasteiger partial charge in [-0.2, -0.15) is 11.8 Å². The van der Waals surface area contributed by atoms with Crippen molar-refractivity contribution in [1.82, 2.24) is 4.98 Å². The monoisotopic (exact) mass is 288 g/mol. The Labute approximate surface area is 121 Å². The number of fused-ring (bicyclic) bond motifs is 1. The summed E-state index contributed by atoms with van der Waals surface area (Å²) < 4.78 is 0.316. The van der Waals surface area contributed by atoms with E-state index in [0.29, 0.717) is 27.0 Å². The first kappa shape index (κ1) is 13.2. The molecule has 1 aliphatic rings. The molecule has 0 radical (unpaired) electrons. The highest BCUT2D eigenvalue weighted by molar-refractivity contribution is 8.00. The third-order valence-corrected chi connectivity index (χ3v) is 5.20. The molecule has 2 N–H and O–H groups in total. The standard InChI is InChI=1S/C15H16N2O2S/c1-20-15(6-7-15)9-16-13-8-11(14(18)19)10-4-2-3-5-12(10)17-13/h2-5,8H,6-7,9H2,1H3,(H,16,17)(H,18,19). The summed E-state index contributed by atoms with van der Waals surface area (Å²) in [5.74, 6) is -0.279. The number of aromatic nitrogens is 1. The molecule has 20 heavy (non-hydrogen) atoms. The van der Waals surface area contributed by atoms with Crippen molar-refractivity contribution in [3.8, 4) is 0 Å². The zero-order chi connectivity index (χ0) is 14.2. The minimum Gasteiger partial charge on any atom is -0.478 e. The lowest BCUT2D eigenvalue weighted by Gasteiger charge is -2.14. The van der Waals surface area contributed by atoms with Crippen molar-refractivity contribution >= 4 is 34.5 Å². The van der Waals surface area contributed by atoms with Crippen LogP contribution in [0.4, 0.5) is 5.82 Å². The van der Waals surface area contributed by atoms with Crippen LogP contribution in [0.15, 0.2) is 30.3 Å². The van der Waals surface area contributed by atoms with Crippen LogP contribution in [0.25, 0.3) is 10.9 Å². The fourth-order valence-corrected chi connectivity index (χ4v) is 3.01. The normalized spacial score (nSPS) is 16.1. The average Bonchev–Trinajstić information content (AvgIpc) is 3.25. The third-order valence-electron chi connectivity index (χ3n) is 3.78. The molecule has 0 saturated heterocycles. The first-order valence-electron chi connectivity index (χ1n) is 6.56. The van der Waals surface area contributed by atoms with Gasteiger partial charge in [-0.15, -0.1) is 0 Å². The first-order chi connectivity index (χ1) is 9.63. The van der Waals surface area contributed by atoms with E-state index in [1.165, 1.54) is 12.8 Å². The number of nitrogens with zero attached hydrogens (tertiary/aromatic N) is 1. The molecule has 0 spiro atoms. The summed E-state index contributed by atoms with van der Waals surface area (Å²) in [7, 11) is 0. The number of rotatable bonds is 5. The van der Waals surface area contributed by atoms with Crippen LogP contribution in [0.5, 0.6) is 0 Å². The molecule has 1 saturated carbocycles. The SMILES string of the molecule is CSC1(CNc2cc(C(=O)O)c3ccccc3n2)CC1. The van der Waals surface area contributed by atoms with Crippen LogP contribution in [-0.2, 0) is 0 Å². The Morgan fingerprint density at radius 1 is 1.45 bits per heavy atom. The summed E-state index contributed by atoms with van der Waals surface area (Å²) in [6.45, 7) is 0.832. The second-order valence-electron chi connectivity index (χ2n) is 5.12. The Balaban J connectivity index is 1.93. The van der Waals surface area contributed by atoms with E-state index in [1.807, 2.05) is 30.0 Å². The fourth-order valence-electron chi connectivity index (χ4n) is 2.29. The number of para-hydroxylation sites is 1. The van der Waals surface area contributed by atoms with Crippen LogP contribution < -0.4 is 5.32 Å². The van der Waals surface area contributed by atoms with Gasteiger partial charge in [-0.05, 0) is 31.2 Å². The van der Waals surface area contributed by atoms with Gasteiger partial charge in [-0.3, -0.25) is 0 Å². The zero-order valence-corrected chi connectivity index (χ0v) is 12.0. The lowest BCUT2D eigenvalue weighted by atomic mass is 10.1. The van der Waals surface area contributed by atoms with Gasteiger partial charge < -0.3 is 10.4 Å². The number of aromatic carboxylic acids is 1. The molecular weight excluding hydrogens is 272 g/mol. The molecule has 0 atom stereocenters. The molecule has 104 valence electrons. The van der Waals surface area contributed by atoms with Gasteiger partial charge in [0.15, 0.2) is 0 Å². The molecule has 5 heteroatoms. The molecule has 4 nitrogen and oxygen atoms in total. The van der Waals surface area contributed by atoms with Crippen molar-refractivity contribution in [3.05, 3.63) is 35.9 Å². The molecule has 1 aromatic heterocycles. The average molecular weight is 288 g/mol. The lowest BCUT2D eigenvalue weighted by Crippen LogP contribution is -2.18. The summed E-state index contributed by atoms with van der Waals surface area (Å²) in [5.41, 5.74) is 1.01. The second-order valence-corrected chi connectivity index (χ2v) is 6.39. The summed E-state index contributed by atoms with van der Waals surface area (Å²) >= 11 is 1.86. The molecule has 0 unspecified atom stereocenters. The van der Waals surface area contributed by atoms with Gasteiger partial charge in [0, 0.05) is 16.7 Å². The maximum atomic E-state index is 11.4. The maximum absolute atomic E-state index is 11.4. The number of carboxylic acid groups (broad SMARTS) is 1. The van der Waals surface area contributed by atoms with Gasteiger partial charge in [0.05, 0.1) is 11.1 Å². The Bertz CT molecular complexity index is 668. The van der Waals surface area contributed by atoms with Crippen LogP contribution >= 0.6 is 11.8 Å². The zero-order valence-electron chi connectivity index (χ0n) is 11.2. The van der Waals surface area contributed by atoms with Crippen molar-refractivity contribution in [2.24, 2.45) is 0 Å². The third kappa shape index (κ3) is 2.45. The van der Waals surface area contributed by atoms with Crippen LogP contribution in [0.1, 0.15) is 23.2 Å². The van der Waals surface area contributed by atoms with Gasteiger partial charge in [-0.25, -0.2) is 9.78 Å². The number of carboxylic acids is 1. The van der Waals surface area contributed by atoms with Crippen molar-refractivity contribution in [3.63, 3.8) is 0 Å². The minimum atomic E-state index is -0.919. The summed E-state index contributed by atoms with van der Waals surface area (Å²) in [6.07, 6.45) is 4.53. The molecular formula is C15H16N2O2S. The molecule has 0 amide bonds. The van der Waals surface area contributed by atoms with Crippen molar-refractivity contribution < 1.29 is 9.90 Å². The highest BCUT2D eigenvalue weighted by atomic mass is 32.2. The van der Waals surface area contributed by atoms with E-state index < -0.39 is 5.97 Å². The number of benzene rings is 1. The van der Waals surface area contributed by atoms with E-state index >= 15 is 0 Å². The number of hydrogen-bond donors (Lipinski definition) is 2. The number of thioether (sulfide) groups is 1. The fraction of sp³-hybridized carbons (Fsp3) is 0.333. The number of hydrogen-bond acceptors (Lipinski definition) is 4. The van der Waals surface area contributed by atoms with Crippen LogP contribution in [-0.4, -0.2) is 33.6 Å². The smallest absolute Gasteiger partial charge is 0.336 e. The summed E-state index contributed by atoms with van der Waals surface area (Å²) in [5, 5.41) is 13.3. The molecule has 3 rings (SSSR count). The van der Waals surface area contributed by atoms with Crippen LogP contribution in [0.3, 0.4) is 0 Å². The molecule has 0 bridgehead atoms. The first-order valence-corrected chi connectivity index (χ1v) is 7.78. The molecule has 1 aliphatic carbocycles.